The number of ether oxygens (including phenoxy) is 2. The van der Waals surface area contributed by atoms with Gasteiger partial charge in [-0.2, -0.15) is 0 Å². The van der Waals surface area contributed by atoms with Gasteiger partial charge in [0.05, 0.1) is 13.2 Å². The summed E-state index contributed by atoms with van der Waals surface area (Å²) in [7, 11) is 0. The van der Waals surface area contributed by atoms with Crippen LogP contribution in [0.2, 0.25) is 0 Å². The number of nitrogens with zero attached hydrogens (tertiary/aromatic N) is 1. The normalized spacial score (nSPS) is 17.8. The van der Waals surface area contributed by atoms with E-state index in [1.54, 1.807) is 0 Å². The molecule has 1 fully saturated rings. The Kier molecular flexibility index (Phi) is 4.93. The van der Waals surface area contributed by atoms with Crippen molar-refractivity contribution >= 4 is 5.91 Å². The molecule has 4 nitrogen and oxygen atoms in total. The lowest BCUT2D eigenvalue weighted by molar-refractivity contribution is -0.141. The predicted molar refractivity (Wildman–Crippen MR) is 88.4 cm³/mol. The van der Waals surface area contributed by atoms with Crippen molar-refractivity contribution in [3.8, 4) is 5.75 Å². The van der Waals surface area contributed by atoms with Crippen molar-refractivity contribution in [2.75, 3.05) is 26.3 Å². The first kappa shape index (κ1) is 15.6. The van der Waals surface area contributed by atoms with Gasteiger partial charge in [-0.25, -0.2) is 0 Å². The van der Waals surface area contributed by atoms with E-state index in [1.807, 2.05) is 66.4 Å². The van der Waals surface area contributed by atoms with Gasteiger partial charge in [0.1, 0.15) is 11.9 Å². The number of rotatable bonds is 4. The van der Waals surface area contributed by atoms with Crippen LogP contribution >= 0.6 is 0 Å². The molecule has 2 aromatic rings. The Morgan fingerprint density at radius 1 is 1.17 bits per heavy atom. The molecular weight excluding hydrogens is 290 g/mol. The molecule has 0 bridgehead atoms. The number of hydrogen-bond acceptors (Lipinski definition) is 3. The van der Waals surface area contributed by atoms with Gasteiger partial charge < -0.3 is 14.4 Å². The fraction of sp³-hybridized carbons (Fsp3) is 0.316. The predicted octanol–water partition coefficient (Wildman–Crippen LogP) is 2.97. The maximum absolute atomic E-state index is 12.4. The average Bonchev–Trinajstić information content (AvgIpc) is 2.62. The second-order valence-corrected chi connectivity index (χ2v) is 5.66. The van der Waals surface area contributed by atoms with Crippen molar-refractivity contribution in [2.24, 2.45) is 0 Å². The number of carbonyl (C=O) groups is 1. The van der Waals surface area contributed by atoms with Gasteiger partial charge in [-0.3, -0.25) is 4.79 Å². The molecule has 1 heterocycles. The Balaban J connectivity index is 1.58. The molecule has 1 aliphatic rings. The molecule has 1 saturated heterocycles. The number of morpholine rings is 1. The van der Waals surface area contributed by atoms with Crippen molar-refractivity contribution in [1.82, 2.24) is 4.90 Å². The Hall–Kier alpha value is -2.33. The summed E-state index contributed by atoms with van der Waals surface area (Å²) >= 11 is 0. The van der Waals surface area contributed by atoms with Crippen LogP contribution < -0.4 is 4.74 Å². The van der Waals surface area contributed by atoms with Crippen LogP contribution in [0, 0.1) is 6.92 Å². The minimum absolute atomic E-state index is 0.00233. The molecule has 0 N–H and O–H groups in total. The lowest BCUT2D eigenvalue weighted by Gasteiger charge is -2.33. The van der Waals surface area contributed by atoms with Crippen molar-refractivity contribution in [1.29, 1.82) is 0 Å². The van der Waals surface area contributed by atoms with Crippen LogP contribution in [0.1, 0.15) is 17.2 Å². The smallest absolute Gasteiger partial charge is 0.260 e. The SMILES string of the molecule is Cc1ccccc1OCC(=O)N1CCO[C@@H](c2ccccc2)C1. The molecule has 0 radical (unpaired) electrons. The molecule has 0 aromatic heterocycles. The highest BCUT2D eigenvalue weighted by Gasteiger charge is 2.25. The van der Waals surface area contributed by atoms with Crippen LogP contribution in [-0.4, -0.2) is 37.1 Å². The van der Waals surface area contributed by atoms with Gasteiger partial charge >= 0.3 is 0 Å². The molecule has 2 aromatic carbocycles. The Bertz CT molecular complexity index is 657. The van der Waals surface area contributed by atoms with Gasteiger partial charge in [0, 0.05) is 6.54 Å². The van der Waals surface area contributed by atoms with E-state index >= 15 is 0 Å². The van der Waals surface area contributed by atoms with E-state index in [1.165, 1.54) is 0 Å². The van der Waals surface area contributed by atoms with Crippen LogP contribution in [0.3, 0.4) is 0 Å². The first-order chi connectivity index (χ1) is 11.2. The number of para-hydroxylation sites is 1. The molecule has 1 amide bonds. The van der Waals surface area contributed by atoms with Crippen molar-refractivity contribution in [3.63, 3.8) is 0 Å². The summed E-state index contributed by atoms with van der Waals surface area (Å²) in [6.07, 6.45) is -0.0626. The fourth-order valence-corrected chi connectivity index (χ4v) is 2.69. The number of aryl methyl sites for hydroxylation is 1. The van der Waals surface area contributed by atoms with Gasteiger partial charge in [-0.15, -0.1) is 0 Å². The third-order valence-electron chi connectivity index (χ3n) is 4.04. The standard InChI is InChI=1S/C19H21NO3/c1-15-7-5-6-10-17(15)23-14-19(21)20-11-12-22-18(13-20)16-8-3-2-4-9-16/h2-10,18H,11-14H2,1H3/t18-/m1/s1. The quantitative estimate of drug-likeness (QED) is 0.871. The average molecular weight is 311 g/mol. The number of benzene rings is 2. The van der Waals surface area contributed by atoms with Gasteiger partial charge in [-0.1, -0.05) is 48.5 Å². The third-order valence-corrected chi connectivity index (χ3v) is 4.04. The van der Waals surface area contributed by atoms with Gasteiger partial charge in [0.15, 0.2) is 6.61 Å². The van der Waals surface area contributed by atoms with Gasteiger partial charge in [0.2, 0.25) is 0 Å². The Morgan fingerprint density at radius 2 is 1.91 bits per heavy atom. The van der Waals surface area contributed by atoms with Crippen LogP contribution in [0.5, 0.6) is 5.75 Å². The largest absolute Gasteiger partial charge is 0.484 e. The number of hydrogen-bond donors (Lipinski definition) is 0. The highest BCUT2D eigenvalue weighted by atomic mass is 16.5. The molecule has 3 rings (SSSR count). The van der Waals surface area contributed by atoms with E-state index in [0.717, 1.165) is 16.9 Å². The Morgan fingerprint density at radius 3 is 2.70 bits per heavy atom. The molecule has 0 unspecified atom stereocenters. The third kappa shape index (κ3) is 3.90. The second-order valence-electron chi connectivity index (χ2n) is 5.66. The summed E-state index contributed by atoms with van der Waals surface area (Å²) in [5, 5.41) is 0. The minimum atomic E-state index is -0.0626. The monoisotopic (exact) mass is 311 g/mol. The first-order valence-electron chi connectivity index (χ1n) is 7.87. The van der Waals surface area contributed by atoms with E-state index in [4.69, 9.17) is 9.47 Å². The van der Waals surface area contributed by atoms with E-state index in [2.05, 4.69) is 0 Å². The van der Waals surface area contributed by atoms with E-state index in [9.17, 15) is 4.79 Å². The fourth-order valence-electron chi connectivity index (χ4n) is 2.69. The van der Waals surface area contributed by atoms with Crippen molar-refractivity contribution in [3.05, 3.63) is 65.7 Å². The zero-order chi connectivity index (χ0) is 16.1. The molecule has 1 atom stereocenters. The molecule has 23 heavy (non-hydrogen) atoms. The van der Waals surface area contributed by atoms with Crippen molar-refractivity contribution < 1.29 is 14.3 Å². The zero-order valence-electron chi connectivity index (χ0n) is 13.3. The lowest BCUT2D eigenvalue weighted by atomic mass is 10.1. The first-order valence-corrected chi connectivity index (χ1v) is 7.87. The summed E-state index contributed by atoms with van der Waals surface area (Å²) in [4.78, 5) is 14.2. The molecular formula is C19H21NO3. The molecule has 0 saturated carbocycles. The summed E-state index contributed by atoms with van der Waals surface area (Å²) in [6.45, 7) is 3.77. The van der Waals surface area contributed by atoms with E-state index < -0.39 is 0 Å². The Labute approximate surface area is 136 Å². The molecule has 120 valence electrons. The summed E-state index contributed by atoms with van der Waals surface area (Å²) < 4.78 is 11.5. The van der Waals surface area contributed by atoms with Gasteiger partial charge in [0.25, 0.3) is 5.91 Å². The van der Waals surface area contributed by atoms with E-state index in [-0.39, 0.29) is 18.6 Å². The van der Waals surface area contributed by atoms with Crippen LogP contribution in [0.25, 0.3) is 0 Å². The highest BCUT2D eigenvalue weighted by Crippen LogP contribution is 2.22. The van der Waals surface area contributed by atoms with Crippen molar-refractivity contribution in [2.45, 2.75) is 13.0 Å². The molecule has 1 aliphatic heterocycles. The highest BCUT2D eigenvalue weighted by molar-refractivity contribution is 5.78. The van der Waals surface area contributed by atoms with Gasteiger partial charge in [-0.05, 0) is 24.1 Å². The minimum Gasteiger partial charge on any atom is -0.484 e. The molecule has 0 aliphatic carbocycles. The topological polar surface area (TPSA) is 38.8 Å². The summed E-state index contributed by atoms with van der Waals surface area (Å²) in [5.41, 5.74) is 2.13. The summed E-state index contributed by atoms with van der Waals surface area (Å²) in [5.74, 6) is 0.756. The maximum atomic E-state index is 12.4. The summed E-state index contributed by atoms with van der Waals surface area (Å²) in [6, 6.07) is 17.7. The van der Waals surface area contributed by atoms with Crippen LogP contribution in [0.4, 0.5) is 0 Å². The maximum Gasteiger partial charge on any atom is 0.260 e. The second kappa shape index (κ2) is 7.29. The van der Waals surface area contributed by atoms with Crippen LogP contribution in [-0.2, 0) is 9.53 Å². The zero-order valence-corrected chi connectivity index (χ0v) is 13.3. The number of carbonyl (C=O) groups excluding carboxylic acids is 1. The molecule has 4 heteroatoms. The van der Waals surface area contributed by atoms with E-state index in [0.29, 0.717) is 19.7 Å². The number of amides is 1. The molecule has 0 spiro atoms. The lowest BCUT2D eigenvalue weighted by Crippen LogP contribution is -2.44. The van der Waals surface area contributed by atoms with Crippen LogP contribution in [0.15, 0.2) is 54.6 Å².